The lowest BCUT2D eigenvalue weighted by Gasteiger charge is -2.40. The Labute approximate surface area is 230 Å². The fourth-order valence-electron chi connectivity index (χ4n) is 6.25. The van der Waals surface area contributed by atoms with Crippen molar-refractivity contribution in [3.05, 3.63) is 76.9 Å². The lowest BCUT2D eigenvalue weighted by atomic mass is 9.69. The number of halogens is 3. The first-order valence-electron chi connectivity index (χ1n) is 14.0. The number of nitrogens with two attached hydrogens (primary N) is 1. The zero-order chi connectivity index (χ0) is 30.4. The normalized spacial score (nSPS) is 26.3. The minimum atomic E-state index is -3.19. The molecule has 4 heterocycles. The summed E-state index contributed by atoms with van der Waals surface area (Å²) in [6.07, 6.45) is 4.89. The Morgan fingerprint density at radius 1 is 1.25 bits per heavy atom. The van der Waals surface area contributed by atoms with Gasteiger partial charge in [-0.1, -0.05) is 6.07 Å². The molecule has 4 aromatic rings. The Kier molecular flexibility index (Phi) is 4.53. The molecule has 1 saturated carbocycles. The van der Waals surface area contributed by atoms with Gasteiger partial charge in [0.1, 0.15) is 17.4 Å². The van der Waals surface area contributed by atoms with Gasteiger partial charge in [0.15, 0.2) is 0 Å². The highest BCUT2D eigenvalue weighted by atomic mass is 19.3. The summed E-state index contributed by atoms with van der Waals surface area (Å²) >= 11 is 0. The second-order valence-electron chi connectivity index (χ2n) is 10.4. The molecule has 0 unspecified atom stereocenters. The number of benzene rings is 1. The van der Waals surface area contributed by atoms with E-state index in [0.717, 1.165) is 11.1 Å². The molecule has 2 aliphatic carbocycles. The number of alkyl halides is 2. The van der Waals surface area contributed by atoms with E-state index in [2.05, 4.69) is 21.1 Å². The lowest BCUT2D eigenvalue weighted by molar-refractivity contribution is -0.0505. The number of hydrogen-bond donors (Lipinski definition) is 1. The number of carbonyl (C=O) groups is 1. The Morgan fingerprint density at radius 2 is 2.02 bits per heavy atom. The Morgan fingerprint density at radius 3 is 2.73 bits per heavy atom. The minimum Gasteiger partial charge on any atom is -0.434 e. The summed E-state index contributed by atoms with van der Waals surface area (Å²) < 4.78 is 72.8. The first kappa shape index (κ1) is 21.3. The maximum absolute atomic E-state index is 15.5. The number of amides is 1. The van der Waals surface area contributed by atoms with Crippen LogP contribution in [0.1, 0.15) is 68.3 Å². The molecule has 2 atom stereocenters. The van der Waals surface area contributed by atoms with Gasteiger partial charge in [0.25, 0.3) is 5.91 Å². The van der Waals surface area contributed by atoms with Crippen LogP contribution in [-0.4, -0.2) is 44.0 Å². The van der Waals surface area contributed by atoms with Gasteiger partial charge in [-0.05, 0) is 37.5 Å². The maximum Gasteiger partial charge on any atom is 0.387 e. The van der Waals surface area contributed by atoms with Crippen molar-refractivity contribution in [1.29, 1.82) is 5.26 Å². The smallest absolute Gasteiger partial charge is 0.387 e. The average Bonchev–Trinajstić information content (AvgIpc) is 3.42. The number of pyridine rings is 1. The fraction of sp³-hybridized carbons (Fsp3) is 0.321. The van der Waals surface area contributed by atoms with Crippen molar-refractivity contribution in [2.24, 2.45) is 11.7 Å². The molecular weight excluding hydrogens is 523 g/mol. The van der Waals surface area contributed by atoms with Crippen molar-refractivity contribution in [3.63, 3.8) is 0 Å². The molecule has 3 aliphatic rings. The number of rotatable bonds is 4. The van der Waals surface area contributed by atoms with E-state index >= 15 is 4.39 Å². The number of ether oxygens (including phenoxy) is 1. The van der Waals surface area contributed by atoms with Crippen LogP contribution in [0.3, 0.4) is 0 Å². The third-order valence-corrected chi connectivity index (χ3v) is 8.11. The number of fused-ring (bicyclic) bond motifs is 9. The van der Waals surface area contributed by atoms with Gasteiger partial charge in [-0.15, -0.1) is 0 Å². The van der Waals surface area contributed by atoms with Gasteiger partial charge < -0.3 is 15.4 Å². The van der Waals surface area contributed by atoms with E-state index in [1.165, 1.54) is 41.2 Å². The molecule has 7 rings (SSSR count). The molecule has 1 fully saturated rings. The van der Waals surface area contributed by atoms with Crippen molar-refractivity contribution in [2.45, 2.75) is 43.4 Å². The Bertz CT molecular complexity index is 1850. The molecule has 202 valence electrons. The van der Waals surface area contributed by atoms with Crippen LogP contribution in [-0.2, 0) is 5.54 Å². The van der Waals surface area contributed by atoms with Crippen LogP contribution in [0.4, 0.5) is 13.2 Å². The summed E-state index contributed by atoms with van der Waals surface area (Å²) in [6, 6.07) is 6.70. The van der Waals surface area contributed by atoms with Crippen LogP contribution >= 0.6 is 0 Å². The molecule has 3 aromatic heterocycles. The number of nitrogens with zero attached hydrogens (tertiary/aromatic N) is 6. The molecule has 0 spiro atoms. The highest BCUT2D eigenvalue weighted by Gasteiger charge is 2.47. The van der Waals surface area contributed by atoms with Crippen LogP contribution in [0, 0.1) is 23.1 Å². The predicted molar refractivity (Wildman–Crippen MR) is 135 cm³/mol. The van der Waals surface area contributed by atoms with Crippen LogP contribution in [0.5, 0.6) is 5.75 Å². The molecule has 1 aromatic carbocycles. The molecule has 2 bridgehead atoms. The van der Waals surface area contributed by atoms with Crippen LogP contribution in [0.25, 0.3) is 16.6 Å². The van der Waals surface area contributed by atoms with E-state index in [4.69, 9.17) is 19.8 Å². The summed E-state index contributed by atoms with van der Waals surface area (Å²) in [5.41, 5.74) is 7.13. The minimum absolute atomic E-state index is 0.0572. The standard InChI is InChI=1S/C28H22F3N7O2/c1-37-20-6-17(22-15(25(37)39)3-2-4-21(22)40-27(30)31)23-19-5-16(18(29)12-38(19)36-24(20)23)14-10-34-26(35-11-14)28(33)7-13(8-28)9-32/h2-5,10-13,17,20,27H,6-8,33H2,1H3/t13?,17-,20-,28?/m1/s1/i1D3. The summed E-state index contributed by atoms with van der Waals surface area (Å²) in [6.45, 7) is -6.07. The molecule has 2 N–H and O–H groups in total. The van der Waals surface area contributed by atoms with Crippen molar-refractivity contribution in [1.82, 2.24) is 24.5 Å². The van der Waals surface area contributed by atoms with Gasteiger partial charge in [0, 0.05) is 57.2 Å². The topological polar surface area (TPSA) is 122 Å². The lowest BCUT2D eigenvalue weighted by Crippen LogP contribution is -2.49. The largest absolute Gasteiger partial charge is 0.434 e. The second kappa shape index (κ2) is 8.50. The molecule has 0 radical (unpaired) electrons. The molecule has 40 heavy (non-hydrogen) atoms. The molecule has 0 saturated heterocycles. The van der Waals surface area contributed by atoms with E-state index in [-0.39, 0.29) is 40.5 Å². The van der Waals surface area contributed by atoms with Crippen molar-refractivity contribution >= 4 is 11.4 Å². The Balaban J connectivity index is 1.38. The van der Waals surface area contributed by atoms with Gasteiger partial charge in [0.2, 0.25) is 0 Å². The molecule has 1 amide bonds. The third kappa shape index (κ3) is 3.43. The van der Waals surface area contributed by atoms with Crippen LogP contribution in [0.2, 0.25) is 0 Å². The monoisotopic (exact) mass is 548 g/mol. The van der Waals surface area contributed by atoms with Crippen molar-refractivity contribution in [2.75, 3.05) is 6.98 Å². The summed E-state index contributed by atoms with van der Waals surface area (Å²) in [5.74, 6) is -2.36. The zero-order valence-electron chi connectivity index (χ0n) is 23.7. The van der Waals surface area contributed by atoms with Gasteiger partial charge in [-0.25, -0.2) is 18.9 Å². The van der Waals surface area contributed by atoms with E-state index in [0.29, 0.717) is 35.3 Å². The summed E-state index contributed by atoms with van der Waals surface area (Å²) in [4.78, 5) is 23.0. The number of carbonyl (C=O) groups excluding carboxylic acids is 1. The quantitative estimate of drug-likeness (QED) is 0.404. The second-order valence-corrected chi connectivity index (χ2v) is 10.4. The SMILES string of the molecule is [2H]C([2H])([2H])N1C(=O)c2cccc(OC(F)F)c2[C@H]2C[C@@H]1c1nn3cc(F)c(-c4cnc(C5(N)CC(C#N)C5)nc4)cc3c12. The summed E-state index contributed by atoms with van der Waals surface area (Å²) in [5, 5.41) is 13.6. The first-order valence-corrected chi connectivity index (χ1v) is 12.5. The fourth-order valence-corrected chi connectivity index (χ4v) is 6.25. The summed E-state index contributed by atoms with van der Waals surface area (Å²) in [7, 11) is 0. The number of hydrogen-bond acceptors (Lipinski definition) is 7. The van der Waals surface area contributed by atoms with E-state index in [1.54, 1.807) is 0 Å². The molecule has 12 heteroatoms. The van der Waals surface area contributed by atoms with Gasteiger partial charge in [0.05, 0.1) is 41.0 Å². The molecule has 1 aliphatic heterocycles. The Hall–Kier alpha value is -4.50. The average molecular weight is 549 g/mol. The van der Waals surface area contributed by atoms with Crippen LogP contribution < -0.4 is 10.5 Å². The van der Waals surface area contributed by atoms with Crippen molar-refractivity contribution in [3.8, 4) is 22.9 Å². The maximum atomic E-state index is 15.5. The van der Waals surface area contributed by atoms with Crippen molar-refractivity contribution < 1.29 is 26.8 Å². The van der Waals surface area contributed by atoms with Gasteiger partial charge in [-0.3, -0.25) is 4.79 Å². The van der Waals surface area contributed by atoms with Crippen LogP contribution in [0.15, 0.2) is 42.9 Å². The number of aromatic nitrogens is 4. The van der Waals surface area contributed by atoms with E-state index in [1.807, 2.05) is 0 Å². The van der Waals surface area contributed by atoms with E-state index in [9.17, 15) is 13.6 Å². The zero-order valence-corrected chi connectivity index (χ0v) is 20.7. The third-order valence-electron chi connectivity index (χ3n) is 8.11. The predicted octanol–water partition coefficient (Wildman–Crippen LogP) is 4.28. The highest BCUT2D eigenvalue weighted by Crippen LogP contribution is 2.53. The molecular formula is C28H22F3N7O2. The number of nitriles is 1. The molecule has 9 nitrogen and oxygen atoms in total. The van der Waals surface area contributed by atoms with E-state index < -0.39 is 42.8 Å². The highest BCUT2D eigenvalue weighted by molar-refractivity contribution is 5.98. The van der Waals surface area contributed by atoms with Gasteiger partial charge >= 0.3 is 6.61 Å². The first-order chi connectivity index (χ1) is 20.4. The van der Waals surface area contributed by atoms with Gasteiger partial charge in [-0.2, -0.15) is 19.1 Å².